The molecule has 1 aliphatic rings. The number of fused-ring (bicyclic) bond motifs is 1. The molecule has 0 unspecified atom stereocenters. The lowest BCUT2D eigenvalue weighted by Gasteiger charge is -2.04. The summed E-state index contributed by atoms with van der Waals surface area (Å²) in [5, 5.41) is 0. The molecule has 3 rings (SSSR count). The van der Waals surface area contributed by atoms with E-state index < -0.39 is 0 Å². The van der Waals surface area contributed by atoms with Crippen molar-refractivity contribution >= 4 is 5.84 Å². The molecular formula is C11H15N3O. The first-order valence-corrected chi connectivity index (χ1v) is 5.38. The molecule has 0 saturated heterocycles. The Labute approximate surface area is 88.1 Å². The third kappa shape index (κ3) is 1.55. The molecule has 1 aliphatic carbocycles. The van der Waals surface area contributed by atoms with E-state index >= 15 is 0 Å². The Hall–Kier alpha value is -1.29. The van der Waals surface area contributed by atoms with Crippen LogP contribution >= 0.6 is 0 Å². The standard InChI is InChI=1S/C11H15N3O/c1-8-6-13-10-14(8)7-9(15-10)2-3-11(12)4-5-11/h6-7H,2-5,12H2,1H3. The molecule has 80 valence electrons. The summed E-state index contributed by atoms with van der Waals surface area (Å²) in [5.74, 6) is 1.67. The van der Waals surface area contributed by atoms with Gasteiger partial charge in [0.2, 0.25) is 0 Å². The van der Waals surface area contributed by atoms with Gasteiger partial charge in [-0.05, 0) is 26.2 Å². The van der Waals surface area contributed by atoms with Gasteiger partial charge in [-0.25, -0.2) is 4.98 Å². The number of hydrogen-bond donors (Lipinski definition) is 1. The number of aryl methyl sites for hydroxylation is 2. The molecule has 0 spiro atoms. The molecule has 15 heavy (non-hydrogen) atoms. The summed E-state index contributed by atoms with van der Waals surface area (Å²) in [5.41, 5.74) is 7.24. The van der Waals surface area contributed by atoms with Crippen molar-refractivity contribution in [1.82, 2.24) is 9.38 Å². The van der Waals surface area contributed by atoms with Gasteiger partial charge in [-0.15, -0.1) is 0 Å². The lowest BCUT2D eigenvalue weighted by atomic mass is 10.1. The summed E-state index contributed by atoms with van der Waals surface area (Å²) in [6, 6.07) is 0. The zero-order valence-electron chi connectivity index (χ0n) is 8.86. The summed E-state index contributed by atoms with van der Waals surface area (Å²) in [7, 11) is 0. The van der Waals surface area contributed by atoms with E-state index in [9.17, 15) is 0 Å². The second-order valence-electron chi connectivity index (χ2n) is 4.61. The fourth-order valence-electron chi connectivity index (χ4n) is 1.84. The molecular weight excluding hydrogens is 190 g/mol. The molecule has 4 heteroatoms. The largest absolute Gasteiger partial charge is 0.428 e. The van der Waals surface area contributed by atoms with Crippen molar-refractivity contribution < 1.29 is 4.42 Å². The van der Waals surface area contributed by atoms with Gasteiger partial charge in [-0.1, -0.05) is 0 Å². The van der Waals surface area contributed by atoms with Gasteiger partial charge in [0.25, 0.3) is 0 Å². The van der Waals surface area contributed by atoms with Crippen molar-refractivity contribution in [2.45, 2.75) is 38.1 Å². The first kappa shape index (κ1) is 8.97. The second-order valence-corrected chi connectivity index (χ2v) is 4.61. The number of imidazole rings is 1. The maximum atomic E-state index is 6.03. The molecule has 1 fully saturated rings. The minimum Gasteiger partial charge on any atom is -0.428 e. The smallest absolute Gasteiger partial charge is 0.306 e. The third-order valence-corrected chi connectivity index (χ3v) is 3.20. The van der Waals surface area contributed by atoms with E-state index in [-0.39, 0.29) is 5.54 Å². The average Bonchev–Trinajstić information content (AvgIpc) is 2.69. The molecule has 4 nitrogen and oxygen atoms in total. The van der Waals surface area contributed by atoms with Crippen LogP contribution in [0.25, 0.3) is 5.84 Å². The van der Waals surface area contributed by atoms with E-state index in [1.54, 1.807) is 0 Å². The van der Waals surface area contributed by atoms with Crippen LogP contribution in [0.4, 0.5) is 0 Å². The number of nitrogens with zero attached hydrogens (tertiary/aromatic N) is 2. The van der Waals surface area contributed by atoms with Crippen molar-refractivity contribution in [3.05, 3.63) is 23.8 Å². The van der Waals surface area contributed by atoms with Crippen molar-refractivity contribution in [1.29, 1.82) is 0 Å². The Morgan fingerprint density at radius 3 is 3.07 bits per heavy atom. The average molecular weight is 205 g/mol. The molecule has 0 bridgehead atoms. The zero-order chi connectivity index (χ0) is 10.5. The summed E-state index contributed by atoms with van der Waals surface area (Å²) in [4.78, 5) is 4.16. The van der Waals surface area contributed by atoms with Gasteiger partial charge < -0.3 is 10.2 Å². The van der Waals surface area contributed by atoms with E-state index in [2.05, 4.69) is 4.98 Å². The van der Waals surface area contributed by atoms with Crippen LogP contribution in [0.3, 0.4) is 0 Å². The molecule has 0 amide bonds. The van der Waals surface area contributed by atoms with Crippen molar-refractivity contribution in [3.63, 3.8) is 0 Å². The summed E-state index contributed by atoms with van der Waals surface area (Å²) < 4.78 is 7.59. The summed E-state index contributed by atoms with van der Waals surface area (Å²) >= 11 is 0. The Morgan fingerprint density at radius 2 is 2.40 bits per heavy atom. The highest BCUT2D eigenvalue weighted by atomic mass is 16.4. The van der Waals surface area contributed by atoms with Crippen LogP contribution in [0.5, 0.6) is 0 Å². The van der Waals surface area contributed by atoms with E-state index in [0.717, 1.165) is 37.1 Å². The minimum atomic E-state index is 0.101. The van der Waals surface area contributed by atoms with Gasteiger partial charge in [0.1, 0.15) is 5.76 Å². The molecule has 2 aromatic rings. The monoisotopic (exact) mass is 205 g/mol. The predicted octanol–water partition coefficient (Wildman–Crippen LogP) is 1.66. The highest BCUT2D eigenvalue weighted by Gasteiger charge is 2.37. The van der Waals surface area contributed by atoms with Gasteiger partial charge in [0, 0.05) is 17.7 Å². The molecule has 0 atom stereocenters. The van der Waals surface area contributed by atoms with Crippen molar-refractivity contribution in [3.8, 4) is 0 Å². The van der Waals surface area contributed by atoms with Gasteiger partial charge in [-0.3, -0.25) is 4.40 Å². The van der Waals surface area contributed by atoms with Crippen LogP contribution in [-0.4, -0.2) is 14.9 Å². The topological polar surface area (TPSA) is 56.5 Å². The Balaban J connectivity index is 1.79. The summed E-state index contributed by atoms with van der Waals surface area (Å²) in [6.45, 7) is 2.02. The quantitative estimate of drug-likeness (QED) is 0.829. The van der Waals surface area contributed by atoms with Gasteiger partial charge in [0.05, 0.1) is 12.4 Å². The van der Waals surface area contributed by atoms with E-state index in [4.69, 9.17) is 10.2 Å². The normalized spacial score (nSPS) is 18.5. The van der Waals surface area contributed by atoms with Crippen molar-refractivity contribution in [2.75, 3.05) is 0 Å². The number of hydrogen-bond acceptors (Lipinski definition) is 3. The number of oxazole rings is 1. The molecule has 0 radical (unpaired) electrons. The third-order valence-electron chi connectivity index (χ3n) is 3.20. The van der Waals surface area contributed by atoms with E-state index in [0.29, 0.717) is 5.84 Å². The van der Waals surface area contributed by atoms with Crippen LogP contribution in [-0.2, 0) is 6.42 Å². The van der Waals surface area contributed by atoms with Crippen LogP contribution < -0.4 is 5.73 Å². The van der Waals surface area contributed by atoms with Crippen LogP contribution in [0, 0.1) is 6.92 Å². The maximum Gasteiger partial charge on any atom is 0.306 e. The number of rotatable bonds is 3. The van der Waals surface area contributed by atoms with Gasteiger partial charge in [0.15, 0.2) is 0 Å². The molecule has 0 aliphatic heterocycles. The number of nitrogens with two attached hydrogens (primary N) is 1. The Morgan fingerprint density at radius 1 is 1.60 bits per heavy atom. The fourth-order valence-corrected chi connectivity index (χ4v) is 1.84. The molecule has 0 aromatic carbocycles. The highest BCUT2D eigenvalue weighted by molar-refractivity contribution is 5.28. The van der Waals surface area contributed by atoms with Crippen LogP contribution in [0.15, 0.2) is 16.8 Å². The van der Waals surface area contributed by atoms with Gasteiger partial charge in [-0.2, -0.15) is 0 Å². The molecule has 2 heterocycles. The van der Waals surface area contributed by atoms with E-state index in [1.807, 2.05) is 23.7 Å². The zero-order valence-corrected chi connectivity index (χ0v) is 8.86. The second kappa shape index (κ2) is 2.85. The van der Waals surface area contributed by atoms with Crippen LogP contribution in [0.2, 0.25) is 0 Å². The molecule has 1 saturated carbocycles. The summed E-state index contributed by atoms with van der Waals surface area (Å²) in [6.07, 6.45) is 8.08. The molecule has 2 aromatic heterocycles. The number of aromatic nitrogens is 2. The van der Waals surface area contributed by atoms with E-state index in [1.165, 1.54) is 0 Å². The fraction of sp³-hybridized carbons (Fsp3) is 0.545. The predicted molar refractivity (Wildman–Crippen MR) is 56.7 cm³/mol. The lowest BCUT2D eigenvalue weighted by Crippen LogP contribution is -2.21. The molecule has 2 N–H and O–H groups in total. The van der Waals surface area contributed by atoms with Crippen LogP contribution in [0.1, 0.15) is 30.7 Å². The highest BCUT2D eigenvalue weighted by Crippen LogP contribution is 2.36. The van der Waals surface area contributed by atoms with Crippen molar-refractivity contribution in [2.24, 2.45) is 5.73 Å². The minimum absolute atomic E-state index is 0.101. The van der Waals surface area contributed by atoms with Gasteiger partial charge >= 0.3 is 5.84 Å². The first-order valence-electron chi connectivity index (χ1n) is 5.38. The Kier molecular flexibility index (Phi) is 1.71. The first-order chi connectivity index (χ1) is 7.16. The Bertz CT molecular complexity index is 493. The maximum absolute atomic E-state index is 6.03. The SMILES string of the molecule is Cc1cnc2oc(CCC3(N)CC3)cn12. The lowest BCUT2D eigenvalue weighted by molar-refractivity contribution is 0.500.